The second-order valence-corrected chi connectivity index (χ2v) is 5.25. The van der Waals surface area contributed by atoms with E-state index in [4.69, 9.17) is 5.11 Å². The third-order valence-corrected chi connectivity index (χ3v) is 3.60. The first-order valence-electron chi connectivity index (χ1n) is 7.31. The van der Waals surface area contributed by atoms with Gasteiger partial charge in [0.15, 0.2) is 0 Å². The van der Waals surface area contributed by atoms with Crippen molar-refractivity contribution < 1.29 is 9.90 Å². The number of carbonyl (C=O) groups excluding carboxylic acids is 1. The summed E-state index contributed by atoms with van der Waals surface area (Å²) in [6.07, 6.45) is 3.59. The highest BCUT2D eigenvalue weighted by Gasteiger charge is 2.19. The number of piperazine rings is 1. The molecule has 1 aliphatic rings. The Labute approximate surface area is 125 Å². The zero-order valence-electron chi connectivity index (χ0n) is 12.5. The Bertz CT molecular complexity index is 494. The van der Waals surface area contributed by atoms with Crippen LogP contribution in [0.4, 0.5) is 4.79 Å². The van der Waals surface area contributed by atoms with E-state index in [-0.39, 0.29) is 12.6 Å². The van der Waals surface area contributed by atoms with Crippen LogP contribution in [-0.4, -0.2) is 60.3 Å². The lowest BCUT2D eigenvalue weighted by Crippen LogP contribution is -2.51. The normalized spacial score (nSPS) is 16.4. The van der Waals surface area contributed by atoms with Crippen LogP contribution in [0.5, 0.6) is 0 Å². The molecule has 1 aromatic carbocycles. The Hall–Kier alpha value is -1.85. The van der Waals surface area contributed by atoms with E-state index in [1.807, 2.05) is 31.2 Å². The Kier molecular flexibility index (Phi) is 5.78. The fourth-order valence-electron chi connectivity index (χ4n) is 2.39. The minimum Gasteiger partial charge on any atom is -0.395 e. The van der Waals surface area contributed by atoms with Crippen LogP contribution < -0.4 is 5.32 Å². The minimum absolute atomic E-state index is 0.0671. The molecule has 0 radical (unpaired) electrons. The molecule has 0 bridgehead atoms. The molecule has 2 amide bonds. The van der Waals surface area contributed by atoms with Gasteiger partial charge in [0, 0.05) is 38.9 Å². The van der Waals surface area contributed by atoms with E-state index < -0.39 is 0 Å². The molecule has 2 rings (SSSR count). The highest BCUT2D eigenvalue weighted by molar-refractivity contribution is 5.76. The quantitative estimate of drug-likeness (QED) is 0.878. The van der Waals surface area contributed by atoms with Crippen LogP contribution in [-0.2, 0) is 0 Å². The van der Waals surface area contributed by atoms with Gasteiger partial charge >= 0.3 is 6.03 Å². The molecule has 0 unspecified atom stereocenters. The minimum atomic E-state index is -0.0671. The second-order valence-electron chi connectivity index (χ2n) is 5.25. The molecular formula is C16H23N3O2. The highest BCUT2D eigenvalue weighted by atomic mass is 16.3. The lowest BCUT2D eigenvalue weighted by atomic mass is 10.1. The first kappa shape index (κ1) is 15.5. The van der Waals surface area contributed by atoms with E-state index in [0.717, 1.165) is 18.7 Å². The standard InChI is InChI=1S/C16H23N3O2/c1-14-3-2-4-15(13-14)5-6-17-16(21)19-9-7-18(8-10-19)11-12-20/h2-6,13,20H,7-12H2,1H3,(H,17,21)/b6-5+. The Balaban J connectivity index is 1.77. The molecule has 0 spiro atoms. The molecule has 5 heteroatoms. The van der Waals surface area contributed by atoms with Crippen LogP contribution in [0.2, 0.25) is 0 Å². The number of nitrogens with one attached hydrogen (secondary N) is 1. The Morgan fingerprint density at radius 3 is 2.76 bits per heavy atom. The summed E-state index contributed by atoms with van der Waals surface area (Å²) in [6.45, 7) is 5.93. The maximum Gasteiger partial charge on any atom is 0.321 e. The average Bonchev–Trinajstić information content (AvgIpc) is 2.48. The SMILES string of the molecule is Cc1cccc(/C=C/NC(=O)N2CCN(CCO)CC2)c1. The van der Waals surface area contributed by atoms with Crippen molar-refractivity contribution in [3.8, 4) is 0 Å². The van der Waals surface area contributed by atoms with Gasteiger partial charge in [0.25, 0.3) is 0 Å². The molecule has 114 valence electrons. The van der Waals surface area contributed by atoms with Crippen molar-refractivity contribution in [2.45, 2.75) is 6.92 Å². The van der Waals surface area contributed by atoms with E-state index in [0.29, 0.717) is 19.6 Å². The van der Waals surface area contributed by atoms with Crippen molar-refractivity contribution in [2.75, 3.05) is 39.3 Å². The van der Waals surface area contributed by atoms with Gasteiger partial charge in [-0.2, -0.15) is 0 Å². The number of benzene rings is 1. The van der Waals surface area contributed by atoms with E-state index >= 15 is 0 Å². The van der Waals surface area contributed by atoms with Crippen molar-refractivity contribution in [3.63, 3.8) is 0 Å². The van der Waals surface area contributed by atoms with Gasteiger partial charge < -0.3 is 15.3 Å². The zero-order valence-corrected chi connectivity index (χ0v) is 12.5. The van der Waals surface area contributed by atoms with Crippen molar-refractivity contribution in [1.82, 2.24) is 15.1 Å². The fourth-order valence-corrected chi connectivity index (χ4v) is 2.39. The third kappa shape index (κ3) is 4.88. The summed E-state index contributed by atoms with van der Waals surface area (Å²) >= 11 is 0. The number of carbonyl (C=O) groups is 1. The van der Waals surface area contributed by atoms with E-state index in [1.165, 1.54) is 5.56 Å². The third-order valence-electron chi connectivity index (χ3n) is 3.60. The molecule has 5 nitrogen and oxygen atoms in total. The number of urea groups is 1. The van der Waals surface area contributed by atoms with E-state index in [9.17, 15) is 4.79 Å². The zero-order chi connectivity index (χ0) is 15.1. The average molecular weight is 289 g/mol. The van der Waals surface area contributed by atoms with Crippen molar-refractivity contribution in [2.24, 2.45) is 0 Å². The van der Waals surface area contributed by atoms with Crippen LogP contribution in [0, 0.1) is 6.92 Å². The number of β-amino-alcohol motifs (C(OH)–C–C–N with tert-alkyl or cyclic N) is 1. The first-order valence-corrected chi connectivity index (χ1v) is 7.31. The van der Waals surface area contributed by atoms with Crippen molar-refractivity contribution in [3.05, 3.63) is 41.6 Å². The van der Waals surface area contributed by atoms with Crippen molar-refractivity contribution >= 4 is 12.1 Å². The van der Waals surface area contributed by atoms with Crippen LogP contribution >= 0.6 is 0 Å². The second kappa shape index (κ2) is 7.81. The fraction of sp³-hybridized carbons (Fsp3) is 0.438. The number of nitrogens with zero attached hydrogens (tertiary/aromatic N) is 2. The Morgan fingerprint density at radius 1 is 1.33 bits per heavy atom. The highest BCUT2D eigenvalue weighted by Crippen LogP contribution is 2.05. The molecular weight excluding hydrogens is 266 g/mol. The predicted octanol–water partition coefficient (Wildman–Crippen LogP) is 1.29. The molecule has 0 aromatic heterocycles. The van der Waals surface area contributed by atoms with Gasteiger partial charge in [0.1, 0.15) is 0 Å². The molecule has 1 heterocycles. The predicted molar refractivity (Wildman–Crippen MR) is 83.8 cm³/mol. The summed E-state index contributed by atoms with van der Waals surface area (Å²) in [4.78, 5) is 16.0. The maximum atomic E-state index is 12.0. The molecule has 0 atom stereocenters. The number of aryl methyl sites for hydroxylation is 1. The summed E-state index contributed by atoms with van der Waals surface area (Å²) < 4.78 is 0. The largest absolute Gasteiger partial charge is 0.395 e. The van der Waals surface area contributed by atoms with Gasteiger partial charge in [-0.25, -0.2) is 4.79 Å². The van der Waals surface area contributed by atoms with Crippen LogP contribution in [0.3, 0.4) is 0 Å². The lowest BCUT2D eigenvalue weighted by Gasteiger charge is -2.33. The van der Waals surface area contributed by atoms with Crippen LogP contribution in [0.25, 0.3) is 6.08 Å². The summed E-state index contributed by atoms with van der Waals surface area (Å²) in [5.41, 5.74) is 2.27. The number of amides is 2. The number of rotatable bonds is 4. The summed E-state index contributed by atoms with van der Waals surface area (Å²) in [6, 6.07) is 8.04. The van der Waals surface area contributed by atoms with E-state index in [2.05, 4.69) is 16.3 Å². The number of aliphatic hydroxyl groups excluding tert-OH is 1. The monoisotopic (exact) mass is 289 g/mol. The Morgan fingerprint density at radius 2 is 2.10 bits per heavy atom. The lowest BCUT2D eigenvalue weighted by molar-refractivity contribution is 0.123. The first-order chi connectivity index (χ1) is 10.2. The molecule has 0 saturated carbocycles. The van der Waals surface area contributed by atoms with Crippen LogP contribution in [0.1, 0.15) is 11.1 Å². The van der Waals surface area contributed by atoms with Gasteiger partial charge in [-0.15, -0.1) is 0 Å². The van der Waals surface area contributed by atoms with Crippen LogP contribution in [0.15, 0.2) is 30.5 Å². The molecule has 1 aliphatic heterocycles. The molecule has 0 aliphatic carbocycles. The van der Waals surface area contributed by atoms with Crippen molar-refractivity contribution in [1.29, 1.82) is 0 Å². The van der Waals surface area contributed by atoms with Gasteiger partial charge in [-0.1, -0.05) is 29.8 Å². The van der Waals surface area contributed by atoms with Gasteiger partial charge in [-0.3, -0.25) is 4.90 Å². The van der Waals surface area contributed by atoms with Gasteiger partial charge in [0.2, 0.25) is 0 Å². The summed E-state index contributed by atoms with van der Waals surface area (Å²) in [5.74, 6) is 0. The van der Waals surface area contributed by atoms with Gasteiger partial charge in [0.05, 0.1) is 6.61 Å². The summed E-state index contributed by atoms with van der Waals surface area (Å²) in [7, 11) is 0. The maximum absolute atomic E-state index is 12.0. The molecule has 1 saturated heterocycles. The number of hydrogen-bond acceptors (Lipinski definition) is 3. The molecule has 21 heavy (non-hydrogen) atoms. The molecule has 1 aromatic rings. The topological polar surface area (TPSA) is 55.8 Å². The van der Waals surface area contributed by atoms with E-state index in [1.54, 1.807) is 11.1 Å². The number of hydrogen-bond donors (Lipinski definition) is 2. The number of aliphatic hydroxyl groups is 1. The van der Waals surface area contributed by atoms with Gasteiger partial charge in [-0.05, 0) is 18.6 Å². The summed E-state index contributed by atoms with van der Waals surface area (Å²) in [5, 5.41) is 11.7. The molecule has 2 N–H and O–H groups in total. The smallest absolute Gasteiger partial charge is 0.321 e. The molecule has 1 fully saturated rings.